The first-order valence-corrected chi connectivity index (χ1v) is 19.1. The molecule has 6 heterocycles. The number of tetrazole rings is 2. The number of carbonyl (C=O) groups excluding carboxylic acids is 4. The molecule has 276 valence electrons. The first-order chi connectivity index (χ1) is 24.9. The average molecular weight is 796 g/mol. The van der Waals surface area contributed by atoms with E-state index in [-0.39, 0.29) is 28.6 Å². The maximum absolute atomic E-state index is 13.1. The number of carbonyl (C=O) groups is 6. The van der Waals surface area contributed by atoms with E-state index in [1.807, 2.05) is 0 Å². The number of oxime groups is 1. The van der Waals surface area contributed by atoms with Crippen molar-refractivity contribution in [3.05, 3.63) is 22.5 Å². The van der Waals surface area contributed by atoms with E-state index in [4.69, 9.17) is 4.84 Å². The summed E-state index contributed by atoms with van der Waals surface area (Å²) in [6, 6.07) is -2.03. The Balaban J connectivity index is 1.02. The first kappa shape index (κ1) is 37.1. The Bertz CT molecular complexity index is 1800. The van der Waals surface area contributed by atoms with Crippen molar-refractivity contribution < 1.29 is 43.8 Å². The van der Waals surface area contributed by atoms with E-state index in [0.717, 1.165) is 9.80 Å². The van der Waals surface area contributed by atoms with Gasteiger partial charge >= 0.3 is 11.9 Å². The molecule has 0 aromatic carbocycles. The molecule has 26 heteroatoms. The summed E-state index contributed by atoms with van der Waals surface area (Å²) in [5.41, 5.74) is 0.698. The lowest BCUT2D eigenvalue weighted by Gasteiger charge is -2.49. The Hall–Kier alpha value is -4.69. The standard InChI is InChI=1S/C26H29N13O9S4/c1-36-25(29-32-34-36)51-8-10-6-49-21-15(19(42)38(21)17(10)23(44)45)27-13(40)4-12(31-48-3)5-14(41)28-16-20(43)39-18(24(46)47)11(7-50-22(16)39)9-52-26-30-33-35-37(26)2/h15-16,21-22H,4-9H2,1-3H3,(H,27,40)(H,28,41)(H,44,45)(H,46,47)/t15-,16-,21-,22-/m1/s1. The number of carboxylic acids is 2. The van der Waals surface area contributed by atoms with E-state index < -0.39 is 71.2 Å². The number of nitrogens with one attached hydrogen (secondary N) is 2. The third-order valence-electron chi connectivity index (χ3n) is 8.00. The number of fused-ring (bicyclic) bond motifs is 2. The second-order valence-corrected chi connectivity index (χ2v) is 15.5. The fraction of sp³-hybridized carbons (Fsp3) is 0.500. The smallest absolute Gasteiger partial charge is 0.352 e. The van der Waals surface area contributed by atoms with E-state index in [1.165, 1.54) is 63.5 Å². The largest absolute Gasteiger partial charge is 0.477 e. The summed E-state index contributed by atoms with van der Waals surface area (Å²) in [5.74, 6) is -4.03. The van der Waals surface area contributed by atoms with Crippen LogP contribution in [-0.4, -0.2) is 155 Å². The van der Waals surface area contributed by atoms with Crippen molar-refractivity contribution in [2.45, 2.75) is 46.0 Å². The average Bonchev–Trinajstić information content (AvgIpc) is 3.72. The molecule has 0 bridgehead atoms. The highest BCUT2D eigenvalue weighted by molar-refractivity contribution is 8.01. The number of thioether (sulfide) groups is 4. The van der Waals surface area contributed by atoms with Crippen molar-refractivity contribution in [3.63, 3.8) is 0 Å². The van der Waals surface area contributed by atoms with Crippen LogP contribution in [0.2, 0.25) is 0 Å². The van der Waals surface area contributed by atoms with Crippen LogP contribution in [-0.2, 0) is 47.7 Å². The summed E-state index contributed by atoms with van der Waals surface area (Å²) >= 11 is 5.05. The zero-order valence-electron chi connectivity index (χ0n) is 27.4. The Morgan fingerprint density at radius 1 is 0.808 bits per heavy atom. The van der Waals surface area contributed by atoms with Crippen LogP contribution in [0.15, 0.2) is 38.0 Å². The van der Waals surface area contributed by atoms with Gasteiger partial charge in [0.25, 0.3) is 11.8 Å². The molecular weight excluding hydrogens is 767 g/mol. The minimum atomic E-state index is -1.28. The lowest BCUT2D eigenvalue weighted by Crippen LogP contribution is -2.71. The molecule has 0 saturated carbocycles. The number of amides is 4. The number of aliphatic carboxylic acids is 2. The van der Waals surface area contributed by atoms with E-state index in [9.17, 15) is 39.0 Å². The summed E-state index contributed by atoms with van der Waals surface area (Å²) in [7, 11) is 4.52. The van der Waals surface area contributed by atoms with E-state index in [1.54, 1.807) is 14.1 Å². The van der Waals surface area contributed by atoms with Crippen LogP contribution in [0.1, 0.15) is 12.8 Å². The number of aryl methyl sites for hydroxylation is 2. The predicted molar refractivity (Wildman–Crippen MR) is 182 cm³/mol. The van der Waals surface area contributed by atoms with Crippen LogP contribution >= 0.6 is 47.0 Å². The highest BCUT2D eigenvalue weighted by Crippen LogP contribution is 2.43. The fourth-order valence-electron chi connectivity index (χ4n) is 5.65. The number of aromatic nitrogens is 8. The third-order valence-corrected chi connectivity index (χ3v) is 12.9. The monoisotopic (exact) mass is 795 g/mol. The van der Waals surface area contributed by atoms with Gasteiger partial charge in [0.05, 0.1) is 18.6 Å². The molecule has 2 aromatic rings. The van der Waals surface area contributed by atoms with E-state index in [0.29, 0.717) is 33.0 Å². The third kappa shape index (κ3) is 7.31. The van der Waals surface area contributed by atoms with Gasteiger partial charge in [-0.2, -0.15) is 0 Å². The van der Waals surface area contributed by atoms with Crippen molar-refractivity contribution in [3.8, 4) is 0 Å². The molecule has 6 rings (SSSR count). The molecule has 4 atom stereocenters. The number of β-lactam (4-membered cyclic amide) rings is 2. The van der Waals surface area contributed by atoms with E-state index >= 15 is 0 Å². The molecule has 4 aliphatic heterocycles. The van der Waals surface area contributed by atoms with Crippen molar-refractivity contribution >= 4 is 88.3 Å². The zero-order chi connectivity index (χ0) is 37.3. The lowest BCUT2D eigenvalue weighted by molar-refractivity contribution is -0.150. The molecule has 0 radical (unpaired) electrons. The number of hydrogen-bond acceptors (Lipinski definition) is 18. The van der Waals surface area contributed by atoms with Gasteiger partial charge < -0.3 is 25.7 Å². The number of carboxylic acid groups (broad SMARTS) is 2. The second kappa shape index (κ2) is 15.5. The molecule has 52 heavy (non-hydrogen) atoms. The molecule has 4 N–H and O–H groups in total. The molecule has 2 aromatic heterocycles. The molecular formula is C26H29N13O9S4. The van der Waals surface area contributed by atoms with Gasteiger partial charge in [-0.15, -0.1) is 33.7 Å². The molecule has 0 aliphatic carbocycles. The van der Waals surface area contributed by atoms with Crippen LogP contribution in [0.4, 0.5) is 0 Å². The summed E-state index contributed by atoms with van der Waals surface area (Å²) in [5, 5.41) is 50.8. The highest BCUT2D eigenvalue weighted by atomic mass is 32.2. The topological polar surface area (TPSA) is 282 Å². The van der Waals surface area contributed by atoms with Gasteiger partial charge in [-0.05, 0) is 32.0 Å². The molecule has 2 saturated heterocycles. The summed E-state index contributed by atoms with van der Waals surface area (Å²) in [6.45, 7) is 0. The fourth-order valence-corrected chi connectivity index (χ4v) is 10.3. The molecule has 22 nitrogen and oxygen atoms in total. The van der Waals surface area contributed by atoms with Crippen LogP contribution < -0.4 is 10.6 Å². The van der Waals surface area contributed by atoms with Crippen LogP contribution in [0, 0.1) is 0 Å². The SMILES string of the molecule is CON=C(CC(=O)N[C@@H]1C(=O)N2C(C(=O)O)=C(CSc3nnnn3C)CS[C@H]12)CC(=O)N[C@@H]1C(=O)N2C(C(=O)O)=C(CSc3nnnn3C)CS[C@H]12. The maximum atomic E-state index is 13.1. The van der Waals surface area contributed by atoms with Crippen molar-refractivity contribution in [1.29, 1.82) is 0 Å². The number of nitrogens with zero attached hydrogens (tertiary/aromatic N) is 11. The number of hydrogen-bond donors (Lipinski definition) is 4. The molecule has 2 fully saturated rings. The second-order valence-electron chi connectivity index (χ2n) is 11.4. The predicted octanol–water partition coefficient (Wildman–Crippen LogP) is -2.12. The summed E-state index contributed by atoms with van der Waals surface area (Å²) < 4.78 is 2.89. The summed E-state index contributed by atoms with van der Waals surface area (Å²) in [4.78, 5) is 83.8. The Morgan fingerprint density at radius 2 is 1.23 bits per heavy atom. The van der Waals surface area contributed by atoms with Gasteiger partial charge in [-0.25, -0.2) is 19.0 Å². The minimum Gasteiger partial charge on any atom is -0.477 e. The Morgan fingerprint density at radius 3 is 1.58 bits per heavy atom. The normalized spacial score (nSPS) is 22.2. The van der Waals surface area contributed by atoms with Gasteiger partial charge in [0, 0.05) is 37.1 Å². The Labute approximate surface area is 309 Å². The molecule has 0 spiro atoms. The summed E-state index contributed by atoms with van der Waals surface area (Å²) in [6.07, 6.45) is -0.872. The van der Waals surface area contributed by atoms with Gasteiger partial charge in [0.2, 0.25) is 22.1 Å². The first-order valence-electron chi connectivity index (χ1n) is 15.1. The molecule has 4 amide bonds. The van der Waals surface area contributed by atoms with Gasteiger partial charge in [0.15, 0.2) is 0 Å². The minimum absolute atomic E-state index is 0.00950. The quantitative estimate of drug-likeness (QED) is 0.0649. The van der Waals surface area contributed by atoms with E-state index in [2.05, 4.69) is 46.8 Å². The van der Waals surface area contributed by atoms with Crippen molar-refractivity contribution in [1.82, 2.24) is 60.8 Å². The lowest BCUT2D eigenvalue weighted by atomic mass is 10.0. The van der Waals surface area contributed by atoms with Gasteiger partial charge in [-0.1, -0.05) is 28.7 Å². The molecule has 4 aliphatic rings. The van der Waals surface area contributed by atoms with Gasteiger partial charge in [-0.3, -0.25) is 29.0 Å². The van der Waals surface area contributed by atoms with Crippen LogP contribution in [0.3, 0.4) is 0 Å². The van der Waals surface area contributed by atoms with Crippen molar-refractivity contribution in [2.24, 2.45) is 19.3 Å². The molecule has 0 unspecified atom stereocenters. The maximum Gasteiger partial charge on any atom is 0.352 e. The highest BCUT2D eigenvalue weighted by Gasteiger charge is 2.55. The number of rotatable bonds is 15. The van der Waals surface area contributed by atoms with Crippen LogP contribution in [0.5, 0.6) is 0 Å². The Kier molecular flexibility index (Phi) is 11.1. The van der Waals surface area contributed by atoms with Crippen molar-refractivity contribution in [2.75, 3.05) is 30.1 Å². The zero-order valence-corrected chi connectivity index (χ0v) is 30.6. The van der Waals surface area contributed by atoms with Gasteiger partial charge in [0.1, 0.15) is 41.3 Å². The van der Waals surface area contributed by atoms with Crippen LogP contribution in [0.25, 0.3) is 0 Å².